The molecule has 1 saturated heterocycles. The molecular weight excluding hydrogens is 216 g/mol. The summed E-state index contributed by atoms with van der Waals surface area (Å²) in [7, 11) is 0. The van der Waals surface area contributed by atoms with Crippen molar-refractivity contribution in [2.75, 3.05) is 13.1 Å². The second-order valence-corrected chi connectivity index (χ2v) is 5.62. The zero-order valence-electron chi connectivity index (χ0n) is 11.2. The van der Waals surface area contributed by atoms with Crippen LogP contribution >= 0.6 is 0 Å². The average Bonchev–Trinajstić information content (AvgIpc) is 2.25. The molecule has 0 aromatic heterocycles. The molecule has 96 valence electrons. The molecule has 1 aliphatic rings. The predicted octanol–water partition coefficient (Wildman–Crippen LogP) is 2.79. The summed E-state index contributed by atoms with van der Waals surface area (Å²) in [6, 6.07) is 2.33. The quantitative estimate of drug-likeness (QED) is 0.705. The lowest BCUT2D eigenvalue weighted by atomic mass is 9.85. The Morgan fingerprint density at radius 2 is 2.18 bits per heavy atom. The molecule has 0 unspecified atom stereocenters. The summed E-state index contributed by atoms with van der Waals surface area (Å²) in [6.45, 7) is 8.93. The first-order chi connectivity index (χ1) is 7.87. The molecule has 1 heterocycles. The van der Waals surface area contributed by atoms with Crippen molar-refractivity contribution in [2.45, 2.75) is 46.1 Å². The van der Waals surface area contributed by atoms with E-state index in [0.717, 1.165) is 12.8 Å². The van der Waals surface area contributed by atoms with Crippen LogP contribution in [0.4, 0.5) is 4.79 Å². The highest BCUT2D eigenvalue weighted by Crippen LogP contribution is 2.26. The van der Waals surface area contributed by atoms with Crippen molar-refractivity contribution in [3.8, 4) is 6.07 Å². The Balaban J connectivity index is 2.58. The highest BCUT2D eigenvalue weighted by molar-refractivity contribution is 5.68. The van der Waals surface area contributed by atoms with E-state index in [1.54, 1.807) is 4.90 Å². The maximum Gasteiger partial charge on any atom is 0.410 e. The van der Waals surface area contributed by atoms with Gasteiger partial charge in [0.2, 0.25) is 0 Å². The molecule has 0 spiro atoms. The van der Waals surface area contributed by atoms with Gasteiger partial charge in [-0.1, -0.05) is 13.3 Å². The van der Waals surface area contributed by atoms with Crippen LogP contribution in [0.5, 0.6) is 0 Å². The van der Waals surface area contributed by atoms with Crippen LogP contribution in [0.3, 0.4) is 0 Å². The standard InChI is InChI=1S/C13H22N2O2/c1-5-10-9-15(7-6-11(10)8-14)12(16)17-13(2,3)4/h10-11H,5-7,9H2,1-4H3/t10-,11-/m1/s1. The fourth-order valence-electron chi connectivity index (χ4n) is 2.11. The molecule has 0 aliphatic carbocycles. The van der Waals surface area contributed by atoms with Crippen LogP contribution in [0, 0.1) is 23.2 Å². The van der Waals surface area contributed by atoms with E-state index < -0.39 is 5.60 Å². The van der Waals surface area contributed by atoms with Crippen LogP contribution < -0.4 is 0 Å². The van der Waals surface area contributed by atoms with Gasteiger partial charge in [0.15, 0.2) is 0 Å². The third kappa shape index (κ3) is 3.92. The number of rotatable bonds is 1. The van der Waals surface area contributed by atoms with Crippen molar-refractivity contribution in [2.24, 2.45) is 11.8 Å². The van der Waals surface area contributed by atoms with Gasteiger partial charge in [-0.25, -0.2) is 4.79 Å². The van der Waals surface area contributed by atoms with Crippen LogP contribution in [0.2, 0.25) is 0 Å². The maximum absolute atomic E-state index is 11.9. The van der Waals surface area contributed by atoms with Crippen LogP contribution in [0.25, 0.3) is 0 Å². The van der Waals surface area contributed by atoms with Gasteiger partial charge >= 0.3 is 6.09 Å². The van der Waals surface area contributed by atoms with Crippen molar-refractivity contribution < 1.29 is 9.53 Å². The minimum Gasteiger partial charge on any atom is -0.444 e. The molecule has 0 aromatic rings. The molecule has 4 heteroatoms. The highest BCUT2D eigenvalue weighted by Gasteiger charge is 2.32. The number of nitriles is 1. The number of piperidine rings is 1. The Labute approximate surface area is 104 Å². The second kappa shape index (κ2) is 5.39. The van der Waals surface area contributed by atoms with Crippen LogP contribution in [-0.4, -0.2) is 29.7 Å². The van der Waals surface area contributed by atoms with Gasteiger partial charge in [0, 0.05) is 13.1 Å². The van der Waals surface area contributed by atoms with Crippen molar-refractivity contribution in [1.29, 1.82) is 5.26 Å². The van der Waals surface area contributed by atoms with Crippen molar-refractivity contribution in [3.63, 3.8) is 0 Å². The molecule has 1 fully saturated rings. The van der Waals surface area contributed by atoms with E-state index in [1.807, 2.05) is 20.8 Å². The topological polar surface area (TPSA) is 53.3 Å². The van der Waals surface area contributed by atoms with Gasteiger partial charge < -0.3 is 9.64 Å². The number of carbonyl (C=O) groups is 1. The lowest BCUT2D eigenvalue weighted by Crippen LogP contribution is -2.45. The Kier molecular flexibility index (Phi) is 4.39. The fraction of sp³-hybridized carbons (Fsp3) is 0.846. The summed E-state index contributed by atoms with van der Waals surface area (Å²) >= 11 is 0. The van der Waals surface area contributed by atoms with E-state index in [0.29, 0.717) is 13.1 Å². The smallest absolute Gasteiger partial charge is 0.410 e. The number of likely N-dealkylation sites (tertiary alicyclic amines) is 1. The number of nitrogens with zero attached hydrogens (tertiary/aromatic N) is 2. The summed E-state index contributed by atoms with van der Waals surface area (Å²) < 4.78 is 5.34. The zero-order valence-corrected chi connectivity index (χ0v) is 11.2. The van der Waals surface area contributed by atoms with Crippen LogP contribution in [0.1, 0.15) is 40.5 Å². The van der Waals surface area contributed by atoms with Crippen LogP contribution in [-0.2, 0) is 4.74 Å². The SMILES string of the molecule is CC[C@@H]1CN(C(=O)OC(C)(C)C)CC[C@@H]1C#N. The first-order valence-electron chi connectivity index (χ1n) is 6.25. The molecule has 2 atom stereocenters. The molecule has 0 saturated carbocycles. The first-order valence-corrected chi connectivity index (χ1v) is 6.25. The second-order valence-electron chi connectivity index (χ2n) is 5.62. The average molecular weight is 238 g/mol. The Morgan fingerprint density at radius 1 is 1.53 bits per heavy atom. The lowest BCUT2D eigenvalue weighted by Gasteiger charge is -2.36. The van der Waals surface area contributed by atoms with E-state index >= 15 is 0 Å². The third-order valence-electron chi connectivity index (χ3n) is 3.08. The lowest BCUT2D eigenvalue weighted by molar-refractivity contribution is 0.0131. The largest absolute Gasteiger partial charge is 0.444 e. The number of ether oxygens (including phenoxy) is 1. The van der Waals surface area contributed by atoms with Gasteiger partial charge in [-0.2, -0.15) is 5.26 Å². The van der Waals surface area contributed by atoms with Crippen molar-refractivity contribution in [3.05, 3.63) is 0 Å². The van der Waals surface area contributed by atoms with Gasteiger partial charge in [0.05, 0.1) is 12.0 Å². The van der Waals surface area contributed by atoms with Crippen LogP contribution in [0.15, 0.2) is 0 Å². The van der Waals surface area contributed by atoms with E-state index in [-0.39, 0.29) is 17.9 Å². The molecular formula is C13H22N2O2. The summed E-state index contributed by atoms with van der Waals surface area (Å²) in [5, 5.41) is 9.02. The normalized spacial score (nSPS) is 25.2. The monoisotopic (exact) mass is 238 g/mol. The van der Waals surface area contributed by atoms with E-state index in [2.05, 4.69) is 13.0 Å². The van der Waals surface area contributed by atoms with Gasteiger partial charge in [0.25, 0.3) is 0 Å². The van der Waals surface area contributed by atoms with E-state index in [9.17, 15) is 4.79 Å². The molecule has 0 radical (unpaired) electrons. The Hall–Kier alpha value is -1.24. The third-order valence-corrected chi connectivity index (χ3v) is 3.08. The first kappa shape index (κ1) is 13.8. The van der Waals surface area contributed by atoms with E-state index in [4.69, 9.17) is 10.00 Å². The number of hydrogen-bond acceptors (Lipinski definition) is 3. The molecule has 1 rings (SSSR count). The van der Waals surface area contributed by atoms with Crippen molar-refractivity contribution in [1.82, 2.24) is 4.90 Å². The van der Waals surface area contributed by atoms with Gasteiger partial charge in [-0.05, 0) is 33.1 Å². The number of carbonyl (C=O) groups excluding carboxylic acids is 1. The Morgan fingerprint density at radius 3 is 2.65 bits per heavy atom. The molecule has 0 N–H and O–H groups in total. The van der Waals surface area contributed by atoms with E-state index in [1.165, 1.54) is 0 Å². The number of amides is 1. The minimum absolute atomic E-state index is 0.0821. The molecule has 1 amide bonds. The minimum atomic E-state index is -0.454. The summed E-state index contributed by atoms with van der Waals surface area (Å²) in [4.78, 5) is 13.6. The molecule has 0 bridgehead atoms. The molecule has 17 heavy (non-hydrogen) atoms. The highest BCUT2D eigenvalue weighted by atomic mass is 16.6. The van der Waals surface area contributed by atoms with Gasteiger partial charge in [-0.15, -0.1) is 0 Å². The molecule has 4 nitrogen and oxygen atoms in total. The van der Waals surface area contributed by atoms with Gasteiger partial charge in [-0.3, -0.25) is 0 Å². The summed E-state index contributed by atoms with van der Waals surface area (Å²) in [5.74, 6) is 0.361. The van der Waals surface area contributed by atoms with Crippen molar-refractivity contribution >= 4 is 6.09 Å². The predicted molar refractivity (Wildman–Crippen MR) is 65.3 cm³/mol. The van der Waals surface area contributed by atoms with Gasteiger partial charge in [0.1, 0.15) is 5.60 Å². The summed E-state index contributed by atoms with van der Waals surface area (Å²) in [6.07, 6.45) is 1.43. The number of hydrogen-bond donors (Lipinski definition) is 0. The molecule has 0 aromatic carbocycles. The maximum atomic E-state index is 11.9. The fourth-order valence-corrected chi connectivity index (χ4v) is 2.11. The summed E-state index contributed by atoms with van der Waals surface area (Å²) in [5.41, 5.74) is -0.454. The Bertz CT molecular complexity index is 314. The zero-order chi connectivity index (χ0) is 13.1. The molecule has 1 aliphatic heterocycles.